The molecular formula is C16H32N2O3. The monoisotopic (exact) mass is 300 g/mol. The number of carbonyl (C=O) groups is 2. The molecule has 0 radical (unpaired) electrons. The topological polar surface area (TPSA) is 83.6 Å². The summed E-state index contributed by atoms with van der Waals surface area (Å²) >= 11 is 0. The van der Waals surface area contributed by atoms with Crippen molar-refractivity contribution in [1.29, 1.82) is 0 Å². The number of aliphatic hydroxyl groups is 1. The molecule has 0 aliphatic heterocycles. The lowest BCUT2D eigenvalue weighted by molar-refractivity contribution is -0.143. The van der Waals surface area contributed by atoms with E-state index in [2.05, 4.69) is 6.92 Å². The van der Waals surface area contributed by atoms with E-state index >= 15 is 0 Å². The third-order valence-corrected chi connectivity index (χ3v) is 3.85. The number of aliphatic hydroxyl groups excluding tert-OH is 1. The van der Waals surface area contributed by atoms with E-state index in [4.69, 9.17) is 5.73 Å². The first-order chi connectivity index (χ1) is 9.72. The quantitative estimate of drug-likeness (QED) is 0.605. The Hall–Kier alpha value is -1.10. The minimum atomic E-state index is -0.951. The predicted molar refractivity (Wildman–Crippen MR) is 84.5 cm³/mol. The Morgan fingerprint density at radius 1 is 1.19 bits per heavy atom. The maximum Gasteiger partial charge on any atom is 0.242 e. The minimum absolute atomic E-state index is 0.0663. The van der Waals surface area contributed by atoms with Crippen molar-refractivity contribution in [3.63, 3.8) is 0 Å². The van der Waals surface area contributed by atoms with Gasteiger partial charge in [0.25, 0.3) is 0 Å². The van der Waals surface area contributed by atoms with Crippen molar-refractivity contribution in [3.05, 3.63) is 0 Å². The van der Waals surface area contributed by atoms with Crippen LogP contribution in [0.4, 0.5) is 0 Å². The van der Waals surface area contributed by atoms with E-state index in [9.17, 15) is 14.7 Å². The SMILES string of the molecule is CCCCC[C@@H](C)[C@@H](O)[C@@H](C(N)=O)N(C)C(=O)CC(C)C. The molecule has 0 rings (SSSR count). The van der Waals surface area contributed by atoms with Crippen molar-refractivity contribution >= 4 is 11.8 Å². The Morgan fingerprint density at radius 3 is 2.19 bits per heavy atom. The van der Waals surface area contributed by atoms with Crippen LogP contribution in [0.3, 0.4) is 0 Å². The van der Waals surface area contributed by atoms with Crippen LogP contribution in [-0.2, 0) is 9.59 Å². The van der Waals surface area contributed by atoms with Gasteiger partial charge in [-0.2, -0.15) is 0 Å². The maximum atomic E-state index is 12.1. The first-order valence-electron chi connectivity index (χ1n) is 7.95. The summed E-state index contributed by atoms with van der Waals surface area (Å²) in [5.41, 5.74) is 5.41. The number of unbranched alkanes of at least 4 members (excludes halogenated alkanes) is 2. The van der Waals surface area contributed by atoms with Gasteiger partial charge in [-0.05, 0) is 18.3 Å². The van der Waals surface area contributed by atoms with Crippen LogP contribution in [0, 0.1) is 11.8 Å². The van der Waals surface area contributed by atoms with E-state index < -0.39 is 18.1 Å². The zero-order valence-electron chi connectivity index (χ0n) is 14.1. The number of nitrogens with zero attached hydrogens (tertiary/aromatic N) is 1. The van der Waals surface area contributed by atoms with Gasteiger partial charge in [0.2, 0.25) is 11.8 Å². The molecule has 0 saturated carbocycles. The van der Waals surface area contributed by atoms with Crippen molar-refractivity contribution < 1.29 is 14.7 Å². The predicted octanol–water partition coefficient (Wildman–Crippen LogP) is 1.92. The van der Waals surface area contributed by atoms with Gasteiger partial charge in [0.05, 0.1) is 6.10 Å². The summed E-state index contributed by atoms with van der Waals surface area (Å²) in [6, 6.07) is -0.951. The molecule has 0 saturated heterocycles. The Labute approximate surface area is 128 Å². The van der Waals surface area contributed by atoms with Crippen LogP contribution in [0.5, 0.6) is 0 Å². The third kappa shape index (κ3) is 6.93. The van der Waals surface area contributed by atoms with Gasteiger partial charge in [-0.15, -0.1) is 0 Å². The van der Waals surface area contributed by atoms with E-state index in [1.807, 2.05) is 20.8 Å². The molecule has 0 aliphatic carbocycles. The number of primary amides is 1. The number of rotatable bonds is 10. The Balaban J connectivity index is 4.79. The smallest absolute Gasteiger partial charge is 0.242 e. The minimum Gasteiger partial charge on any atom is -0.390 e. The lowest BCUT2D eigenvalue weighted by atomic mass is 9.91. The molecule has 0 aromatic carbocycles. The molecule has 0 unspecified atom stereocenters. The Kier molecular flexibility index (Phi) is 9.26. The second-order valence-electron chi connectivity index (χ2n) is 6.41. The van der Waals surface area contributed by atoms with E-state index in [1.54, 1.807) is 7.05 Å². The first kappa shape index (κ1) is 19.9. The van der Waals surface area contributed by atoms with Crippen molar-refractivity contribution in [3.8, 4) is 0 Å². The molecule has 0 aliphatic rings. The molecule has 0 aromatic rings. The zero-order valence-corrected chi connectivity index (χ0v) is 14.1. The highest BCUT2D eigenvalue weighted by molar-refractivity contribution is 5.87. The van der Waals surface area contributed by atoms with Crippen LogP contribution >= 0.6 is 0 Å². The second kappa shape index (κ2) is 9.77. The number of amides is 2. The molecule has 0 bridgehead atoms. The third-order valence-electron chi connectivity index (χ3n) is 3.85. The van der Waals surface area contributed by atoms with Crippen LogP contribution in [0.15, 0.2) is 0 Å². The molecule has 2 amide bonds. The summed E-state index contributed by atoms with van der Waals surface area (Å²) in [6.45, 7) is 7.90. The van der Waals surface area contributed by atoms with Crippen molar-refractivity contribution in [2.24, 2.45) is 17.6 Å². The lowest BCUT2D eigenvalue weighted by Gasteiger charge is -2.33. The van der Waals surface area contributed by atoms with Crippen molar-refractivity contribution in [2.75, 3.05) is 7.05 Å². The van der Waals surface area contributed by atoms with E-state index in [-0.39, 0.29) is 17.7 Å². The molecule has 0 spiro atoms. The molecule has 5 nitrogen and oxygen atoms in total. The lowest BCUT2D eigenvalue weighted by Crippen LogP contribution is -2.54. The molecular weight excluding hydrogens is 268 g/mol. The van der Waals surface area contributed by atoms with Gasteiger partial charge >= 0.3 is 0 Å². The molecule has 21 heavy (non-hydrogen) atoms. The van der Waals surface area contributed by atoms with Gasteiger partial charge in [0.1, 0.15) is 6.04 Å². The number of nitrogens with two attached hydrogens (primary N) is 1. The number of carbonyl (C=O) groups excluding carboxylic acids is 2. The van der Waals surface area contributed by atoms with Crippen LogP contribution < -0.4 is 5.73 Å². The first-order valence-corrected chi connectivity index (χ1v) is 7.95. The highest BCUT2D eigenvalue weighted by atomic mass is 16.3. The molecule has 3 atom stereocenters. The number of hydrogen-bond acceptors (Lipinski definition) is 3. The molecule has 5 heteroatoms. The molecule has 124 valence electrons. The fourth-order valence-corrected chi connectivity index (χ4v) is 2.43. The second-order valence-corrected chi connectivity index (χ2v) is 6.41. The number of hydrogen-bond donors (Lipinski definition) is 2. The van der Waals surface area contributed by atoms with Crippen molar-refractivity contribution in [1.82, 2.24) is 4.90 Å². The molecule has 0 fully saturated rings. The van der Waals surface area contributed by atoms with E-state index in [1.165, 1.54) is 4.90 Å². The number of likely N-dealkylation sites (N-methyl/N-ethyl adjacent to an activating group) is 1. The van der Waals surface area contributed by atoms with Crippen LogP contribution in [0.1, 0.15) is 59.8 Å². The van der Waals surface area contributed by atoms with Gasteiger partial charge in [0, 0.05) is 13.5 Å². The maximum absolute atomic E-state index is 12.1. The average molecular weight is 300 g/mol. The van der Waals surface area contributed by atoms with Gasteiger partial charge < -0.3 is 15.7 Å². The summed E-state index contributed by atoms with van der Waals surface area (Å²) in [5, 5.41) is 10.4. The zero-order chi connectivity index (χ0) is 16.6. The molecule has 0 heterocycles. The fraction of sp³-hybridized carbons (Fsp3) is 0.875. The average Bonchev–Trinajstić information content (AvgIpc) is 2.37. The largest absolute Gasteiger partial charge is 0.390 e. The fourth-order valence-electron chi connectivity index (χ4n) is 2.43. The van der Waals surface area contributed by atoms with Gasteiger partial charge in [-0.1, -0.05) is 47.0 Å². The van der Waals surface area contributed by atoms with E-state index in [0.29, 0.717) is 6.42 Å². The summed E-state index contributed by atoms with van der Waals surface area (Å²) in [6.07, 6.45) is 3.46. The standard InChI is InChI=1S/C16H32N2O3/c1-6-7-8-9-12(4)15(20)14(16(17)21)18(5)13(19)10-11(2)3/h11-12,14-15,20H,6-10H2,1-5H3,(H2,17,21)/t12-,14+,15-/m1/s1. The summed E-state index contributed by atoms with van der Waals surface area (Å²) in [4.78, 5) is 25.1. The highest BCUT2D eigenvalue weighted by Gasteiger charge is 2.34. The normalized spacial score (nSPS) is 15.6. The van der Waals surface area contributed by atoms with Gasteiger partial charge in [-0.3, -0.25) is 9.59 Å². The summed E-state index contributed by atoms with van der Waals surface area (Å²) < 4.78 is 0. The van der Waals surface area contributed by atoms with Crippen LogP contribution in [0.2, 0.25) is 0 Å². The van der Waals surface area contributed by atoms with Crippen LogP contribution in [-0.4, -0.2) is 41.0 Å². The highest BCUT2D eigenvalue weighted by Crippen LogP contribution is 2.19. The van der Waals surface area contributed by atoms with Crippen molar-refractivity contribution in [2.45, 2.75) is 71.9 Å². The van der Waals surface area contributed by atoms with Crippen LogP contribution in [0.25, 0.3) is 0 Å². The Bertz CT molecular complexity index is 331. The summed E-state index contributed by atoms with van der Waals surface area (Å²) in [5.74, 6) is -0.672. The van der Waals surface area contributed by atoms with Gasteiger partial charge in [0.15, 0.2) is 0 Å². The summed E-state index contributed by atoms with van der Waals surface area (Å²) in [7, 11) is 1.54. The van der Waals surface area contributed by atoms with Gasteiger partial charge in [-0.25, -0.2) is 0 Å². The molecule has 0 aromatic heterocycles. The molecule has 3 N–H and O–H groups in total. The Morgan fingerprint density at radius 2 is 1.76 bits per heavy atom. The van der Waals surface area contributed by atoms with E-state index in [0.717, 1.165) is 25.7 Å².